The number of carbonyl (C=O) groups is 4. The molecule has 0 radical (unpaired) electrons. The number of primary amides is 1. The zero-order valence-electron chi connectivity index (χ0n) is 21.6. The molecule has 0 spiro atoms. The molecule has 1 aromatic carbocycles. The van der Waals surface area contributed by atoms with Crippen LogP contribution in [0.25, 0.3) is 0 Å². The van der Waals surface area contributed by atoms with Gasteiger partial charge in [-0.2, -0.15) is 5.10 Å². The third-order valence-corrected chi connectivity index (χ3v) is 5.04. The molecule has 0 saturated carbocycles. The van der Waals surface area contributed by atoms with Crippen LogP contribution in [-0.2, 0) is 20.8 Å². The van der Waals surface area contributed by atoms with Crippen molar-refractivity contribution in [1.82, 2.24) is 21.4 Å². The molecule has 3 atom stereocenters. The van der Waals surface area contributed by atoms with Crippen LogP contribution in [0, 0.1) is 5.92 Å². The largest absolute Gasteiger partial charge is 0.370 e. The van der Waals surface area contributed by atoms with Gasteiger partial charge in [0.25, 0.3) is 0 Å². The predicted molar refractivity (Wildman–Crippen MR) is 142 cm³/mol. The monoisotopic (exact) mass is 517 g/mol. The molecule has 0 aliphatic rings. The Morgan fingerprint density at radius 2 is 1.59 bits per heavy atom. The number of hydrogen-bond donors (Lipinski definition) is 7. The van der Waals surface area contributed by atoms with Gasteiger partial charge in [-0.25, -0.2) is 10.2 Å². The van der Waals surface area contributed by atoms with Crippen molar-refractivity contribution in [1.29, 1.82) is 0 Å². The summed E-state index contributed by atoms with van der Waals surface area (Å²) in [5.41, 5.74) is 18.7. The van der Waals surface area contributed by atoms with Gasteiger partial charge in [0.15, 0.2) is 5.96 Å². The van der Waals surface area contributed by atoms with Crippen LogP contribution in [0.15, 0.2) is 40.4 Å². The topological polar surface area (TPSA) is 219 Å². The number of urea groups is 1. The fraction of sp³-hybridized carbons (Fsp3) is 0.500. The van der Waals surface area contributed by atoms with Crippen molar-refractivity contribution in [2.24, 2.45) is 33.2 Å². The fourth-order valence-electron chi connectivity index (χ4n) is 3.46. The first-order chi connectivity index (χ1) is 17.5. The number of guanidine groups is 1. The lowest BCUT2D eigenvalue weighted by Crippen LogP contribution is -2.55. The number of nitrogens with one attached hydrogen (secondary N) is 4. The van der Waals surface area contributed by atoms with Gasteiger partial charge in [-0.05, 0) is 30.7 Å². The van der Waals surface area contributed by atoms with E-state index in [4.69, 9.17) is 17.2 Å². The second-order valence-electron chi connectivity index (χ2n) is 8.95. The van der Waals surface area contributed by atoms with Crippen molar-refractivity contribution in [3.8, 4) is 0 Å². The van der Waals surface area contributed by atoms with Crippen LogP contribution >= 0.6 is 0 Å². The Labute approximate surface area is 217 Å². The number of hydrazone groups is 1. The number of amides is 5. The molecule has 0 aromatic heterocycles. The van der Waals surface area contributed by atoms with Gasteiger partial charge < -0.3 is 33.2 Å². The lowest BCUT2D eigenvalue weighted by molar-refractivity contribution is -0.132. The number of benzene rings is 1. The lowest BCUT2D eigenvalue weighted by Gasteiger charge is -2.25. The van der Waals surface area contributed by atoms with Gasteiger partial charge in [0.05, 0.1) is 6.04 Å². The summed E-state index contributed by atoms with van der Waals surface area (Å²) >= 11 is 0. The van der Waals surface area contributed by atoms with E-state index in [9.17, 15) is 19.2 Å². The predicted octanol–water partition coefficient (Wildman–Crippen LogP) is -0.543. The van der Waals surface area contributed by atoms with Gasteiger partial charge in [-0.1, -0.05) is 44.2 Å². The molecule has 0 aliphatic heterocycles. The van der Waals surface area contributed by atoms with Crippen LogP contribution < -0.4 is 38.6 Å². The maximum atomic E-state index is 13.2. The third kappa shape index (κ3) is 14.1. The number of rotatable bonds is 15. The summed E-state index contributed by atoms with van der Waals surface area (Å²) in [6.45, 7) is 5.51. The van der Waals surface area contributed by atoms with Crippen molar-refractivity contribution in [3.63, 3.8) is 0 Å². The molecule has 1 rings (SSSR count). The van der Waals surface area contributed by atoms with Crippen molar-refractivity contribution >= 4 is 35.9 Å². The number of carbonyl (C=O) groups excluding carboxylic acids is 4. The molecule has 1 aromatic rings. The van der Waals surface area contributed by atoms with Gasteiger partial charge >= 0.3 is 6.03 Å². The first-order valence-electron chi connectivity index (χ1n) is 12.0. The summed E-state index contributed by atoms with van der Waals surface area (Å²) in [5.74, 6) is -1.25. The lowest BCUT2D eigenvalue weighted by atomic mass is 10.0. The SMILES string of the molecule is CC(=O)N[C@@H](Cc1ccccc1)C(=O)N[C@@H](CC(C)C)C(=O)N[C@H](/C=N/NC(N)=O)CCCN=C(N)N. The molecule has 204 valence electrons. The minimum atomic E-state index is -0.878. The van der Waals surface area contributed by atoms with Crippen LogP contribution in [0.3, 0.4) is 0 Å². The Bertz CT molecular complexity index is 947. The van der Waals surface area contributed by atoms with E-state index < -0.39 is 36.0 Å². The van der Waals surface area contributed by atoms with E-state index in [-0.39, 0.29) is 24.2 Å². The third-order valence-electron chi connectivity index (χ3n) is 5.04. The second-order valence-corrected chi connectivity index (χ2v) is 8.95. The minimum absolute atomic E-state index is 0.0476. The smallest absolute Gasteiger partial charge is 0.332 e. The maximum absolute atomic E-state index is 13.2. The average molecular weight is 518 g/mol. The van der Waals surface area contributed by atoms with E-state index in [0.29, 0.717) is 25.8 Å². The van der Waals surface area contributed by atoms with Crippen LogP contribution in [0.5, 0.6) is 0 Å². The molecule has 10 N–H and O–H groups in total. The maximum Gasteiger partial charge on any atom is 0.332 e. The molecule has 0 unspecified atom stereocenters. The quantitative estimate of drug-likeness (QED) is 0.0700. The van der Waals surface area contributed by atoms with Crippen LogP contribution in [-0.4, -0.2) is 60.6 Å². The number of nitrogens with zero attached hydrogens (tertiary/aromatic N) is 2. The Kier molecular flexibility index (Phi) is 13.8. The molecular weight excluding hydrogens is 478 g/mol. The number of nitrogens with two attached hydrogens (primary N) is 3. The standard InChI is InChI=1S/C24H39N9O4/c1-15(2)12-19(32-22(36)20(30-16(3)34)13-17-8-5-4-6-9-17)21(35)31-18(14-29-33-24(27)37)10-7-11-28-23(25)26/h4-6,8-9,14-15,18-20H,7,10-13H2,1-3H3,(H,30,34)(H,31,35)(H,32,36)(H4,25,26,28)(H3,27,33,37)/b29-14+/t18-,19-,20-/m0/s1. The first kappa shape index (κ1) is 30.9. The van der Waals surface area contributed by atoms with Crippen molar-refractivity contribution in [2.45, 2.75) is 64.6 Å². The van der Waals surface area contributed by atoms with E-state index in [1.165, 1.54) is 13.1 Å². The van der Waals surface area contributed by atoms with Crippen molar-refractivity contribution in [2.75, 3.05) is 6.54 Å². The normalized spacial score (nSPS) is 13.3. The van der Waals surface area contributed by atoms with Gasteiger partial charge in [0, 0.05) is 26.1 Å². The van der Waals surface area contributed by atoms with Gasteiger partial charge in [0.1, 0.15) is 12.1 Å². The molecule has 0 fully saturated rings. The molecule has 13 nitrogen and oxygen atoms in total. The highest BCUT2D eigenvalue weighted by Gasteiger charge is 2.28. The summed E-state index contributed by atoms with van der Waals surface area (Å²) in [6, 6.07) is 6.06. The molecule has 37 heavy (non-hydrogen) atoms. The summed E-state index contributed by atoms with van der Waals surface area (Å²) in [4.78, 5) is 53.0. The Morgan fingerprint density at radius 1 is 0.946 bits per heavy atom. The molecular formula is C24H39N9O4. The molecule has 5 amide bonds. The Hall–Kier alpha value is -4.16. The summed E-state index contributed by atoms with van der Waals surface area (Å²) in [5, 5.41) is 12.0. The zero-order chi connectivity index (χ0) is 27.8. The van der Waals surface area contributed by atoms with Crippen molar-refractivity contribution < 1.29 is 19.2 Å². The highest BCUT2D eigenvalue weighted by atomic mass is 16.2. The number of aliphatic imine (C=N–C) groups is 1. The van der Waals surface area contributed by atoms with Crippen molar-refractivity contribution in [3.05, 3.63) is 35.9 Å². The van der Waals surface area contributed by atoms with E-state index >= 15 is 0 Å². The second kappa shape index (κ2) is 16.5. The summed E-state index contributed by atoms with van der Waals surface area (Å²) < 4.78 is 0. The van der Waals surface area contributed by atoms with Crippen LogP contribution in [0.4, 0.5) is 4.79 Å². The molecule has 0 bridgehead atoms. The average Bonchev–Trinajstić information content (AvgIpc) is 2.80. The van der Waals surface area contributed by atoms with E-state index in [2.05, 4.69) is 31.5 Å². The summed E-state index contributed by atoms with van der Waals surface area (Å²) in [7, 11) is 0. The highest BCUT2D eigenvalue weighted by Crippen LogP contribution is 2.09. The minimum Gasteiger partial charge on any atom is -0.370 e. The zero-order valence-corrected chi connectivity index (χ0v) is 21.6. The molecule has 0 saturated heterocycles. The van der Waals surface area contributed by atoms with Gasteiger partial charge in [0.2, 0.25) is 17.7 Å². The Balaban J connectivity index is 2.99. The van der Waals surface area contributed by atoms with Gasteiger partial charge in [-0.3, -0.25) is 19.4 Å². The van der Waals surface area contributed by atoms with Crippen LogP contribution in [0.1, 0.15) is 45.6 Å². The highest BCUT2D eigenvalue weighted by molar-refractivity contribution is 5.93. The van der Waals surface area contributed by atoms with E-state index in [1.54, 1.807) is 0 Å². The summed E-state index contributed by atoms with van der Waals surface area (Å²) in [6.07, 6.45) is 2.86. The van der Waals surface area contributed by atoms with E-state index in [1.807, 2.05) is 44.2 Å². The van der Waals surface area contributed by atoms with Gasteiger partial charge in [-0.15, -0.1) is 0 Å². The fourth-order valence-corrected chi connectivity index (χ4v) is 3.46. The molecule has 0 aliphatic carbocycles. The first-order valence-corrected chi connectivity index (χ1v) is 12.0. The van der Waals surface area contributed by atoms with E-state index in [0.717, 1.165) is 5.56 Å². The molecule has 13 heteroatoms. The number of hydrogen-bond acceptors (Lipinski definition) is 6. The molecule has 0 heterocycles. The Morgan fingerprint density at radius 3 is 2.16 bits per heavy atom. The van der Waals surface area contributed by atoms with Crippen LogP contribution in [0.2, 0.25) is 0 Å².